The fraction of sp³-hybridized carbons (Fsp3) is 0.467. The molecule has 0 aliphatic rings. The predicted octanol–water partition coefficient (Wildman–Crippen LogP) is 4.88. The standard InChI is InChI=1S/C15H22BrNS/c1-4-9-17-14(10-12(2)3)11-18-15-7-5-13(16)6-8-15/h5-8,14,17H,2,4,9-11H2,1,3H3. The van der Waals surface area contributed by atoms with Gasteiger partial charge in [0.2, 0.25) is 0 Å². The Bertz CT molecular complexity index is 361. The summed E-state index contributed by atoms with van der Waals surface area (Å²) in [6.07, 6.45) is 2.24. The minimum Gasteiger partial charge on any atom is -0.313 e. The second-order valence-electron chi connectivity index (χ2n) is 4.58. The number of hydrogen-bond acceptors (Lipinski definition) is 2. The van der Waals surface area contributed by atoms with E-state index in [4.69, 9.17) is 0 Å². The van der Waals surface area contributed by atoms with E-state index in [1.54, 1.807) is 0 Å². The van der Waals surface area contributed by atoms with Crippen LogP contribution in [0.1, 0.15) is 26.7 Å². The van der Waals surface area contributed by atoms with Crippen LogP contribution in [0.15, 0.2) is 45.8 Å². The molecule has 0 bridgehead atoms. The van der Waals surface area contributed by atoms with Crippen molar-refractivity contribution in [2.45, 2.75) is 37.6 Å². The summed E-state index contributed by atoms with van der Waals surface area (Å²) in [6, 6.07) is 9.03. The van der Waals surface area contributed by atoms with Crippen molar-refractivity contribution in [2.75, 3.05) is 12.3 Å². The summed E-state index contributed by atoms with van der Waals surface area (Å²) >= 11 is 5.36. The first kappa shape index (κ1) is 15.8. The normalized spacial score (nSPS) is 12.4. The monoisotopic (exact) mass is 327 g/mol. The van der Waals surface area contributed by atoms with Crippen LogP contribution in [0.4, 0.5) is 0 Å². The molecule has 1 aromatic carbocycles. The zero-order valence-corrected chi connectivity index (χ0v) is 13.6. The van der Waals surface area contributed by atoms with Crippen LogP contribution in [0.2, 0.25) is 0 Å². The Morgan fingerprint density at radius 3 is 2.61 bits per heavy atom. The lowest BCUT2D eigenvalue weighted by molar-refractivity contribution is 0.549. The van der Waals surface area contributed by atoms with Crippen LogP contribution in [0.5, 0.6) is 0 Å². The topological polar surface area (TPSA) is 12.0 Å². The van der Waals surface area contributed by atoms with Crippen LogP contribution in [0.25, 0.3) is 0 Å². The highest BCUT2D eigenvalue weighted by molar-refractivity contribution is 9.10. The van der Waals surface area contributed by atoms with Crippen molar-refractivity contribution in [1.82, 2.24) is 5.32 Å². The highest BCUT2D eigenvalue weighted by Crippen LogP contribution is 2.22. The van der Waals surface area contributed by atoms with Crippen LogP contribution in [0.3, 0.4) is 0 Å². The molecule has 1 aromatic rings. The van der Waals surface area contributed by atoms with Gasteiger partial charge in [0.25, 0.3) is 0 Å². The first-order valence-corrected chi connectivity index (χ1v) is 8.15. The predicted molar refractivity (Wildman–Crippen MR) is 86.4 cm³/mol. The molecule has 0 saturated heterocycles. The second kappa shape index (κ2) is 8.78. The van der Waals surface area contributed by atoms with E-state index in [1.165, 1.54) is 16.9 Å². The van der Waals surface area contributed by atoms with E-state index < -0.39 is 0 Å². The van der Waals surface area contributed by atoms with Gasteiger partial charge >= 0.3 is 0 Å². The molecule has 1 unspecified atom stereocenters. The number of thioether (sulfide) groups is 1. The zero-order chi connectivity index (χ0) is 13.4. The molecule has 0 saturated carbocycles. The molecule has 0 radical (unpaired) electrons. The molecule has 0 fully saturated rings. The number of nitrogens with one attached hydrogen (secondary N) is 1. The van der Waals surface area contributed by atoms with Crippen LogP contribution in [0, 0.1) is 0 Å². The van der Waals surface area contributed by atoms with Crippen molar-refractivity contribution in [2.24, 2.45) is 0 Å². The van der Waals surface area contributed by atoms with Crippen LogP contribution in [-0.4, -0.2) is 18.3 Å². The Kier molecular flexibility index (Phi) is 7.71. The molecular weight excluding hydrogens is 306 g/mol. The van der Waals surface area contributed by atoms with Crippen molar-refractivity contribution < 1.29 is 0 Å². The van der Waals surface area contributed by atoms with Crippen molar-refractivity contribution in [3.8, 4) is 0 Å². The zero-order valence-electron chi connectivity index (χ0n) is 11.2. The number of hydrogen-bond donors (Lipinski definition) is 1. The number of rotatable bonds is 8. The summed E-state index contributed by atoms with van der Waals surface area (Å²) in [6.45, 7) is 9.40. The fourth-order valence-corrected chi connectivity index (χ4v) is 2.91. The van der Waals surface area contributed by atoms with E-state index in [2.05, 4.69) is 65.9 Å². The molecule has 100 valence electrons. The summed E-state index contributed by atoms with van der Waals surface area (Å²) in [5, 5.41) is 3.59. The second-order valence-corrected chi connectivity index (χ2v) is 6.59. The molecule has 1 rings (SSSR count). The first-order valence-electron chi connectivity index (χ1n) is 6.38. The van der Waals surface area contributed by atoms with Crippen LogP contribution in [-0.2, 0) is 0 Å². The van der Waals surface area contributed by atoms with Gasteiger partial charge < -0.3 is 5.32 Å². The summed E-state index contributed by atoms with van der Waals surface area (Å²) in [5.74, 6) is 1.09. The average molecular weight is 328 g/mol. The van der Waals surface area contributed by atoms with Crippen LogP contribution >= 0.6 is 27.7 Å². The lowest BCUT2D eigenvalue weighted by atomic mass is 10.1. The molecule has 1 N–H and O–H groups in total. The fourth-order valence-electron chi connectivity index (χ4n) is 1.69. The molecule has 0 aliphatic heterocycles. The highest BCUT2D eigenvalue weighted by Gasteiger charge is 2.08. The van der Waals surface area contributed by atoms with Gasteiger partial charge in [0.15, 0.2) is 0 Å². The molecular formula is C15H22BrNS. The molecule has 1 atom stereocenters. The Balaban J connectivity index is 2.44. The van der Waals surface area contributed by atoms with Gasteiger partial charge in [0.1, 0.15) is 0 Å². The third-order valence-electron chi connectivity index (χ3n) is 2.54. The third kappa shape index (κ3) is 6.62. The largest absolute Gasteiger partial charge is 0.313 e. The maximum Gasteiger partial charge on any atom is 0.0198 e. The van der Waals surface area contributed by atoms with E-state index in [0.717, 1.165) is 23.2 Å². The Morgan fingerprint density at radius 1 is 1.39 bits per heavy atom. The van der Waals surface area contributed by atoms with Gasteiger partial charge in [0, 0.05) is 21.2 Å². The van der Waals surface area contributed by atoms with E-state index in [-0.39, 0.29) is 0 Å². The van der Waals surface area contributed by atoms with Crippen LogP contribution < -0.4 is 5.32 Å². The summed E-state index contributed by atoms with van der Waals surface area (Å²) in [5.41, 5.74) is 1.25. The number of halogens is 1. The summed E-state index contributed by atoms with van der Waals surface area (Å²) in [7, 11) is 0. The number of benzene rings is 1. The smallest absolute Gasteiger partial charge is 0.0198 e. The Morgan fingerprint density at radius 2 is 2.06 bits per heavy atom. The molecule has 3 heteroatoms. The van der Waals surface area contributed by atoms with Gasteiger partial charge in [-0.1, -0.05) is 28.4 Å². The molecule has 0 heterocycles. The van der Waals surface area contributed by atoms with E-state index in [0.29, 0.717) is 6.04 Å². The van der Waals surface area contributed by atoms with Gasteiger partial charge in [0.05, 0.1) is 0 Å². The van der Waals surface area contributed by atoms with Gasteiger partial charge in [-0.05, 0) is 50.6 Å². The van der Waals surface area contributed by atoms with Gasteiger partial charge in [-0.25, -0.2) is 0 Å². The highest BCUT2D eigenvalue weighted by atomic mass is 79.9. The van der Waals surface area contributed by atoms with Gasteiger partial charge in [-0.3, -0.25) is 0 Å². The minimum atomic E-state index is 0.524. The van der Waals surface area contributed by atoms with E-state index in [1.807, 2.05) is 11.8 Å². The van der Waals surface area contributed by atoms with Crippen molar-refractivity contribution >= 4 is 27.7 Å². The Labute approximate surface area is 124 Å². The molecule has 1 nitrogen and oxygen atoms in total. The first-order chi connectivity index (χ1) is 8.61. The lowest BCUT2D eigenvalue weighted by Crippen LogP contribution is -2.32. The summed E-state index contributed by atoms with van der Waals surface area (Å²) in [4.78, 5) is 1.32. The maximum absolute atomic E-state index is 4.01. The third-order valence-corrected chi connectivity index (χ3v) is 4.25. The quantitative estimate of drug-likeness (QED) is 0.539. The maximum atomic E-state index is 4.01. The summed E-state index contributed by atoms with van der Waals surface area (Å²) < 4.78 is 1.13. The average Bonchev–Trinajstić information content (AvgIpc) is 2.34. The lowest BCUT2D eigenvalue weighted by Gasteiger charge is -2.18. The van der Waals surface area contributed by atoms with Crippen molar-refractivity contribution in [1.29, 1.82) is 0 Å². The van der Waals surface area contributed by atoms with Crippen molar-refractivity contribution in [3.63, 3.8) is 0 Å². The molecule has 0 spiro atoms. The SMILES string of the molecule is C=C(C)CC(CSc1ccc(Br)cc1)NCCC. The Hall–Kier alpha value is -0.250. The van der Waals surface area contributed by atoms with Gasteiger partial charge in [-0.2, -0.15) is 0 Å². The molecule has 0 amide bonds. The van der Waals surface area contributed by atoms with E-state index >= 15 is 0 Å². The van der Waals surface area contributed by atoms with Gasteiger partial charge in [-0.15, -0.1) is 18.3 Å². The molecule has 0 aliphatic carbocycles. The van der Waals surface area contributed by atoms with E-state index in [9.17, 15) is 0 Å². The van der Waals surface area contributed by atoms with Crippen molar-refractivity contribution in [3.05, 3.63) is 40.9 Å². The molecule has 0 aromatic heterocycles. The molecule has 18 heavy (non-hydrogen) atoms. The minimum absolute atomic E-state index is 0.524.